The number of fused-ring (bicyclic) bond motifs is 1. The third-order valence-electron chi connectivity index (χ3n) is 5.65. The molecule has 0 unspecified atom stereocenters. The molecule has 4 aromatic rings. The van der Waals surface area contributed by atoms with Gasteiger partial charge in [0.25, 0.3) is 0 Å². The fourth-order valence-electron chi connectivity index (χ4n) is 3.95. The maximum Gasteiger partial charge on any atom is 0.422 e. The number of hydrogen-bond acceptors (Lipinski definition) is 2. The number of benzene rings is 4. The SMILES string of the molecule is CCOc1ccc(-c2ccc3c(F)c(CCc4cc(F)c(OCC(F)(F)F)c(F)c4)ccc3c2)cc1. The highest BCUT2D eigenvalue weighted by atomic mass is 19.4. The van der Waals surface area contributed by atoms with E-state index in [1.165, 1.54) is 0 Å². The number of hydrogen-bond donors (Lipinski definition) is 0. The molecule has 36 heavy (non-hydrogen) atoms. The van der Waals surface area contributed by atoms with Crippen molar-refractivity contribution >= 4 is 10.8 Å². The van der Waals surface area contributed by atoms with Gasteiger partial charge in [0.05, 0.1) is 6.61 Å². The van der Waals surface area contributed by atoms with Gasteiger partial charge in [0.1, 0.15) is 11.6 Å². The second-order valence-corrected chi connectivity index (χ2v) is 8.22. The third-order valence-corrected chi connectivity index (χ3v) is 5.65. The predicted octanol–water partition coefficient (Wildman–Crippen LogP) is 8.05. The Bertz CT molecular complexity index is 1340. The first-order valence-corrected chi connectivity index (χ1v) is 11.3. The van der Waals surface area contributed by atoms with E-state index in [2.05, 4.69) is 4.74 Å². The molecular formula is C28H22F6O2. The summed E-state index contributed by atoms with van der Waals surface area (Å²) in [6.07, 6.45) is -4.50. The van der Waals surface area contributed by atoms with Gasteiger partial charge in [0.2, 0.25) is 0 Å². The van der Waals surface area contributed by atoms with Crippen LogP contribution in [0.15, 0.2) is 66.7 Å². The summed E-state index contributed by atoms with van der Waals surface area (Å²) in [5.41, 5.74) is 2.40. The van der Waals surface area contributed by atoms with Crippen LogP contribution in [0.25, 0.3) is 21.9 Å². The number of alkyl halides is 3. The van der Waals surface area contributed by atoms with Crippen LogP contribution in [0, 0.1) is 17.5 Å². The Morgan fingerprint density at radius 3 is 2.03 bits per heavy atom. The highest BCUT2D eigenvalue weighted by Gasteiger charge is 2.29. The van der Waals surface area contributed by atoms with Crippen molar-refractivity contribution in [3.05, 3.63) is 95.3 Å². The van der Waals surface area contributed by atoms with Crippen LogP contribution in [0.3, 0.4) is 0 Å². The lowest BCUT2D eigenvalue weighted by Gasteiger charge is -2.12. The quantitative estimate of drug-likeness (QED) is 0.226. The van der Waals surface area contributed by atoms with Crippen LogP contribution >= 0.6 is 0 Å². The van der Waals surface area contributed by atoms with Gasteiger partial charge in [0.15, 0.2) is 24.0 Å². The lowest BCUT2D eigenvalue weighted by molar-refractivity contribution is -0.154. The maximum atomic E-state index is 15.2. The van der Waals surface area contributed by atoms with Crippen molar-refractivity contribution in [2.75, 3.05) is 13.2 Å². The minimum Gasteiger partial charge on any atom is -0.494 e. The van der Waals surface area contributed by atoms with Crippen LogP contribution in [0.1, 0.15) is 18.1 Å². The van der Waals surface area contributed by atoms with Crippen molar-refractivity contribution in [1.29, 1.82) is 0 Å². The van der Waals surface area contributed by atoms with Crippen LogP contribution in [0.2, 0.25) is 0 Å². The fraction of sp³-hybridized carbons (Fsp3) is 0.214. The Hall–Kier alpha value is -3.68. The number of rotatable bonds is 8. The molecule has 0 fully saturated rings. The van der Waals surface area contributed by atoms with Crippen molar-refractivity contribution in [2.24, 2.45) is 0 Å². The molecule has 0 bridgehead atoms. The molecule has 0 heterocycles. The lowest BCUT2D eigenvalue weighted by atomic mass is 9.97. The lowest BCUT2D eigenvalue weighted by Crippen LogP contribution is -2.20. The number of aryl methyl sites for hydroxylation is 2. The average Bonchev–Trinajstić information content (AvgIpc) is 2.83. The molecular weight excluding hydrogens is 482 g/mol. The van der Waals surface area contributed by atoms with Gasteiger partial charge < -0.3 is 9.47 Å². The largest absolute Gasteiger partial charge is 0.494 e. The van der Waals surface area contributed by atoms with Crippen LogP contribution in [0.5, 0.6) is 11.5 Å². The van der Waals surface area contributed by atoms with E-state index >= 15 is 4.39 Å². The Balaban J connectivity index is 1.50. The minimum atomic E-state index is -4.72. The molecule has 0 atom stereocenters. The van der Waals surface area contributed by atoms with Crippen LogP contribution < -0.4 is 9.47 Å². The van der Waals surface area contributed by atoms with Crippen LogP contribution in [0.4, 0.5) is 26.3 Å². The van der Waals surface area contributed by atoms with Gasteiger partial charge in [-0.2, -0.15) is 13.2 Å². The summed E-state index contributed by atoms with van der Waals surface area (Å²) in [5.74, 6) is -3.24. The van der Waals surface area contributed by atoms with Crippen molar-refractivity contribution in [2.45, 2.75) is 25.9 Å². The zero-order valence-electron chi connectivity index (χ0n) is 19.3. The number of halogens is 6. The summed E-state index contributed by atoms with van der Waals surface area (Å²) in [7, 11) is 0. The van der Waals surface area contributed by atoms with Crippen molar-refractivity contribution in [3.8, 4) is 22.6 Å². The Labute approximate surface area is 204 Å². The molecule has 188 valence electrons. The summed E-state index contributed by atoms with van der Waals surface area (Å²) in [6, 6.07) is 18.2. The summed E-state index contributed by atoms with van der Waals surface area (Å²) in [5, 5.41) is 1.11. The van der Waals surface area contributed by atoms with E-state index in [-0.39, 0.29) is 18.4 Å². The molecule has 0 aromatic heterocycles. The molecule has 4 aromatic carbocycles. The second-order valence-electron chi connectivity index (χ2n) is 8.22. The first-order chi connectivity index (χ1) is 17.1. The molecule has 0 saturated carbocycles. The van der Waals surface area contributed by atoms with E-state index in [9.17, 15) is 22.0 Å². The van der Waals surface area contributed by atoms with E-state index < -0.39 is 36.0 Å². The fourth-order valence-corrected chi connectivity index (χ4v) is 3.95. The minimum absolute atomic E-state index is 0.0834. The van der Waals surface area contributed by atoms with Crippen molar-refractivity contribution < 1.29 is 35.8 Å². The van der Waals surface area contributed by atoms with Crippen LogP contribution in [-0.2, 0) is 12.8 Å². The smallest absolute Gasteiger partial charge is 0.422 e. The second kappa shape index (κ2) is 10.5. The van der Waals surface area contributed by atoms with Gasteiger partial charge in [-0.15, -0.1) is 0 Å². The molecule has 0 saturated heterocycles. The van der Waals surface area contributed by atoms with Gasteiger partial charge in [0, 0.05) is 5.39 Å². The normalized spacial score (nSPS) is 11.6. The standard InChI is InChI=1S/C28H22F6O2/c1-2-35-22-10-7-18(8-11-22)20-9-12-23-21(15-20)6-5-19(26(23)31)4-3-17-13-24(29)27(25(30)14-17)36-16-28(32,33)34/h5-15H,2-4,16H2,1H3. The maximum absolute atomic E-state index is 15.2. The van der Waals surface area contributed by atoms with Crippen LogP contribution in [-0.4, -0.2) is 19.4 Å². The van der Waals surface area contributed by atoms with Gasteiger partial charge >= 0.3 is 6.18 Å². The zero-order chi connectivity index (χ0) is 25.9. The summed E-state index contributed by atoms with van der Waals surface area (Å²) >= 11 is 0. The van der Waals surface area contributed by atoms with E-state index in [1.54, 1.807) is 18.2 Å². The molecule has 2 nitrogen and oxygen atoms in total. The highest BCUT2D eigenvalue weighted by Crippen LogP contribution is 2.30. The third kappa shape index (κ3) is 5.93. The van der Waals surface area contributed by atoms with Gasteiger partial charge in [-0.05, 0) is 77.7 Å². The molecule has 0 amide bonds. The summed E-state index contributed by atoms with van der Waals surface area (Å²) in [6.45, 7) is 0.676. The van der Waals surface area contributed by atoms with E-state index in [1.807, 2.05) is 43.3 Å². The Kier molecular flexibility index (Phi) is 7.43. The topological polar surface area (TPSA) is 18.5 Å². The molecule has 8 heteroatoms. The molecule has 0 spiro atoms. The Morgan fingerprint density at radius 2 is 1.39 bits per heavy atom. The van der Waals surface area contributed by atoms with Gasteiger partial charge in [-0.25, -0.2) is 13.2 Å². The van der Waals surface area contributed by atoms with Gasteiger partial charge in [-0.3, -0.25) is 0 Å². The van der Waals surface area contributed by atoms with Crippen molar-refractivity contribution in [1.82, 2.24) is 0 Å². The average molecular weight is 504 g/mol. The molecule has 0 radical (unpaired) electrons. The monoisotopic (exact) mass is 504 g/mol. The highest BCUT2D eigenvalue weighted by molar-refractivity contribution is 5.88. The van der Waals surface area contributed by atoms with Gasteiger partial charge in [-0.1, -0.05) is 36.4 Å². The van der Waals surface area contributed by atoms with E-state index in [0.717, 1.165) is 29.0 Å². The first kappa shape index (κ1) is 25.4. The molecule has 0 aliphatic rings. The van der Waals surface area contributed by atoms with E-state index in [4.69, 9.17) is 4.74 Å². The molecule has 0 N–H and O–H groups in total. The molecule has 0 aliphatic carbocycles. The van der Waals surface area contributed by atoms with E-state index in [0.29, 0.717) is 22.9 Å². The summed E-state index contributed by atoms with van der Waals surface area (Å²) in [4.78, 5) is 0. The van der Waals surface area contributed by atoms with Crippen molar-refractivity contribution in [3.63, 3.8) is 0 Å². The molecule has 4 rings (SSSR count). The predicted molar refractivity (Wildman–Crippen MR) is 126 cm³/mol. The summed E-state index contributed by atoms with van der Waals surface area (Å²) < 4.78 is 90.0. The molecule has 0 aliphatic heterocycles. The Morgan fingerprint density at radius 1 is 0.722 bits per heavy atom. The number of ether oxygens (including phenoxy) is 2. The zero-order valence-corrected chi connectivity index (χ0v) is 19.3. The first-order valence-electron chi connectivity index (χ1n) is 11.3.